The maximum Gasteiger partial charge on any atom is 0.277 e. The monoisotopic (exact) mass is 248 g/mol. The van der Waals surface area contributed by atoms with Crippen LogP contribution in [0.2, 0.25) is 0 Å². The highest BCUT2D eigenvalue weighted by molar-refractivity contribution is 5.63. The number of hydrogen-bond donors (Lipinski definition) is 0. The number of aryl methyl sites for hydroxylation is 2. The van der Waals surface area contributed by atoms with Gasteiger partial charge in [0, 0.05) is 12.1 Å². The van der Waals surface area contributed by atoms with Gasteiger partial charge in [-0.05, 0) is 42.9 Å². The van der Waals surface area contributed by atoms with Crippen LogP contribution in [-0.2, 0) is 12.8 Å². The Labute approximate surface area is 103 Å². The molecule has 6 heteroatoms. The Morgan fingerprint density at radius 2 is 1.67 bits per heavy atom. The average molecular weight is 248 g/mol. The highest BCUT2D eigenvalue weighted by Gasteiger charge is 2.18. The van der Waals surface area contributed by atoms with Gasteiger partial charge in [0.05, 0.1) is 15.4 Å². The van der Waals surface area contributed by atoms with Gasteiger partial charge in [-0.25, -0.2) is 0 Å². The largest absolute Gasteiger partial charge is 0.277 e. The van der Waals surface area contributed by atoms with Crippen molar-refractivity contribution in [2.75, 3.05) is 0 Å². The van der Waals surface area contributed by atoms with Crippen LogP contribution in [0, 0.1) is 20.2 Å². The molecule has 0 heterocycles. The van der Waals surface area contributed by atoms with Crippen molar-refractivity contribution in [3.8, 4) is 0 Å². The third-order valence-corrected chi connectivity index (χ3v) is 3.06. The van der Waals surface area contributed by atoms with Gasteiger partial charge in [-0.1, -0.05) is 0 Å². The summed E-state index contributed by atoms with van der Waals surface area (Å²) in [5, 5.41) is 21.2. The van der Waals surface area contributed by atoms with Crippen molar-refractivity contribution in [2.45, 2.75) is 25.7 Å². The molecule has 0 fully saturated rings. The van der Waals surface area contributed by atoms with E-state index in [9.17, 15) is 20.2 Å². The second kappa shape index (κ2) is 4.95. The molecule has 18 heavy (non-hydrogen) atoms. The van der Waals surface area contributed by atoms with Crippen molar-refractivity contribution >= 4 is 11.8 Å². The summed E-state index contributed by atoms with van der Waals surface area (Å²) in [5.41, 5.74) is 2.30. The predicted molar refractivity (Wildman–Crippen MR) is 65.8 cm³/mol. The van der Waals surface area contributed by atoms with Crippen molar-refractivity contribution in [1.29, 1.82) is 0 Å². The molecule has 2 rings (SSSR count). The second-order valence-corrected chi connectivity index (χ2v) is 4.25. The summed E-state index contributed by atoms with van der Waals surface area (Å²) in [7, 11) is 0. The highest BCUT2D eigenvalue weighted by atomic mass is 16.6. The van der Waals surface area contributed by atoms with Crippen molar-refractivity contribution in [2.24, 2.45) is 0 Å². The first-order valence-electron chi connectivity index (χ1n) is 5.70. The van der Waals surface area contributed by atoms with Crippen molar-refractivity contribution in [3.05, 3.63) is 55.3 Å². The summed E-state index contributed by atoms with van der Waals surface area (Å²) in [6.07, 6.45) is 5.74. The molecular weight excluding hydrogens is 236 g/mol. The number of rotatable bonds is 3. The molecule has 94 valence electrons. The minimum absolute atomic E-state index is 0.0613. The van der Waals surface area contributed by atoms with Gasteiger partial charge in [0.1, 0.15) is 0 Å². The molecule has 1 aliphatic rings. The lowest BCUT2D eigenvalue weighted by Gasteiger charge is -2.15. The number of hydrogen-bond acceptors (Lipinski definition) is 4. The molecule has 0 aliphatic heterocycles. The minimum atomic E-state index is -0.622. The Bertz CT molecular complexity index is 537. The van der Waals surface area contributed by atoms with Crippen LogP contribution < -0.4 is 0 Å². The van der Waals surface area contributed by atoms with Gasteiger partial charge in [-0.3, -0.25) is 20.2 Å². The quantitative estimate of drug-likeness (QED) is 0.607. The summed E-state index contributed by atoms with van der Waals surface area (Å²) in [5.74, 6) is 0. The molecule has 0 saturated heterocycles. The van der Waals surface area contributed by atoms with Crippen LogP contribution in [-0.4, -0.2) is 9.85 Å². The van der Waals surface area contributed by atoms with Crippen molar-refractivity contribution in [1.82, 2.24) is 0 Å². The number of fused-ring (bicyclic) bond motifs is 1. The Kier molecular flexibility index (Phi) is 3.36. The SMILES string of the molecule is O=[N+]([O-])/C=C/c1cc2c(cc1[N+](=O)[O-])CCCC2. The Hall–Kier alpha value is -2.24. The van der Waals surface area contributed by atoms with Gasteiger partial charge in [0.15, 0.2) is 0 Å². The highest BCUT2D eigenvalue weighted by Crippen LogP contribution is 2.29. The van der Waals surface area contributed by atoms with Gasteiger partial charge in [0.25, 0.3) is 5.69 Å². The zero-order valence-corrected chi connectivity index (χ0v) is 9.67. The molecule has 0 radical (unpaired) electrons. The number of nitro benzene ring substituents is 1. The van der Waals surface area contributed by atoms with E-state index >= 15 is 0 Å². The summed E-state index contributed by atoms with van der Waals surface area (Å²) < 4.78 is 0. The zero-order valence-electron chi connectivity index (χ0n) is 9.67. The van der Waals surface area contributed by atoms with E-state index in [-0.39, 0.29) is 5.69 Å². The smallest absolute Gasteiger partial charge is 0.259 e. The first-order chi connectivity index (χ1) is 8.58. The zero-order chi connectivity index (χ0) is 13.1. The average Bonchev–Trinajstić information content (AvgIpc) is 2.35. The summed E-state index contributed by atoms with van der Waals surface area (Å²) >= 11 is 0. The fourth-order valence-corrected chi connectivity index (χ4v) is 2.22. The molecule has 0 unspecified atom stereocenters. The first kappa shape index (κ1) is 12.2. The van der Waals surface area contributed by atoms with Gasteiger partial charge >= 0.3 is 0 Å². The molecule has 0 amide bonds. The van der Waals surface area contributed by atoms with Crippen LogP contribution in [0.4, 0.5) is 5.69 Å². The van der Waals surface area contributed by atoms with E-state index < -0.39 is 9.85 Å². The van der Waals surface area contributed by atoms with E-state index in [0.29, 0.717) is 5.56 Å². The maximum absolute atomic E-state index is 11.0. The van der Waals surface area contributed by atoms with Crippen molar-refractivity contribution in [3.63, 3.8) is 0 Å². The normalized spacial score (nSPS) is 14.4. The molecule has 1 aromatic carbocycles. The summed E-state index contributed by atoms with van der Waals surface area (Å²) in [4.78, 5) is 20.1. The summed E-state index contributed by atoms with van der Waals surface area (Å²) in [6.45, 7) is 0. The van der Waals surface area contributed by atoms with Gasteiger partial charge < -0.3 is 0 Å². The topological polar surface area (TPSA) is 86.3 Å². The Balaban J connectivity index is 2.48. The fraction of sp³-hybridized carbons (Fsp3) is 0.333. The molecular formula is C12H12N2O4. The number of benzene rings is 1. The standard InChI is InChI=1S/C12H12N2O4/c15-13(16)6-5-11-7-9-3-1-2-4-10(9)8-12(11)14(17)18/h5-8H,1-4H2/b6-5+. The molecule has 0 spiro atoms. The Morgan fingerprint density at radius 1 is 1.06 bits per heavy atom. The lowest BCUT2D eigenvalue weighted by Crippen LogP contribution is -2.05. The number of nitro groups is 2. The third kappa shape index (κ3) is 2.53. The lowest BCUT2D eigenvalue weighted by atomic mass is 9.89. The summed E-state index contributed by atoms with van der Waals surface area (Å²) in [6, 6.07) is 3.25. The lowest BCUT2D eigenvalue weighted by molar-refractivity contribution is -0.401. The molecule has 0 bridgehead atoms. The van der Waals surface area contributed by atoms with Crippen LogP contribution in [0.1, 0.15) is 29.5 Å². The molecule has 0 N–H and O–H groups in total. The van der Waals surface area contributed by atoms with Crippen molar-refractivity contribution < 1.29 is 9.85 Å². The molecule has 0 saturated carbocycles. The number of nitrogens with zero attached hydrogens (tertiary/aromatic N) is 2. The van der Waals surface area contributed by atoms with E-state index in [1.54, 1.807) is 12.1 Å². The van der Waals surface area contributed by atoms with Crippen LogP contribution >= 0.6 is 0 Å². The second-order valence-electron chi connectivity index (χ2n) is 4.25. The maximum atomic E-state index is 11.0. The third-order valence-electron chi connectivity index (χ3n) is 3.06. The van der Waals surface area contributed by atoms with Gasteiger partial charge in [-0.15, -0.1) is 0 Å². The van der Waals surface area contributed by atoms with E-state index in [2.05, 4.69) is 0 Å². The predicted octanol–water partition coefficient (Wildman–Crippen LogP) is 2.72. The van der Waals surface area contributed by atoms with E-state index in [4.69, 9.17) is 0 Å². The van der Waals surface area contributed by atoms with Gasteiger partial charge in [0.2, 0.25) is 6.20 Å². The van der Waals surface area contributed by atoms with Crippen LogP contribution in [0.3, 0.4) is 0 Å². The van der Waals surface area contributed by atoms with E-state index in [0.717, 1.165) is 43.0 Å². The van der Waals surface area contributed by atoms with E-state index in [1.807, 2.05) is 0 Å². The Morgan fingerprint density at radius 3 is 2.22 bits per heavy atom. The first-order valence-corrected chi connectivity index (χ1v) is 5.70. The molecule has 0 aromatic heterocycles. The minimum Gasteiger partial charge on any atom is -0.259 e. The van der Waals surface area contributed by atoms with Gasteiger partial charge in [-0.2, -0.15) is 0 Å². The van der Waals surface area contributed by atoms with Crippen LogP contribution in [0.15, 0.2) is 18.3 Å². The van der Waals surface area contributed by atoms with Crippen LogP contribution in [0.25, 0.3) is 6.08 Å². The van der Waals surface area contributed by atoms with Crippen LogP contribution in [0.5, 0.6) is 0 Å². The molecule has 1 aliphatic carbocycles. The fourth-order valence-electron chi connectivity index (χ4n) is 2.22. The molecule has 0 atom stereocenters. The van der Waals surface area contributed by atoms with E-state index in [1.165, 1.54) is 6.08 Å². The molecule has 1 aromatic rings. The molecule has 6 nitrogen and oxygen atoms in total.